The zero-order valence-electron chi connectivity index (χ0n) is 17.6. The highest BCUT2D eigenvalue weighted by atomic mass is 35.5. The van der Waals surface area contributed by atoms with Crippen molar-refractivity contribution in [1.82, 2.24) is 14.1 Å². The summed E-state index contributed by atoms with van der Waals surface area (Å²) in [6, 6.07) is 5.35. The zero-order chi connectivity index (χ0) is 21.1. The van der Waals surface area contributed by atoms with E-state index in [1.54, 1.807) is 12.1 Å². The number of hydrogen-bond donors (Lipinski definition) is 0. The summed E-state index contributed by atoms with van der Waals surface area (Å²) in [6.07, 6.45) is 8.97. The average Bonchev–Trinajstić information content (AvgIpc) is 3.15. The molecule has 0 bridgehead atoms. The van der Waals surface area contributed by atoms with E-state index >= 15 is 0 Å². The maximum atomic E-state index is 13.2. The molecule has 3 fully saturated rings. The lowest BCUT2D eigenvalue weighted by molar-refractivity contribution is 0.0573. The summed E-state index contributed by atoms with van der Waals surface area (Å²) in [7, 11) is -3.70. The molecule has 0 N–H and O–H groups in total. The van der Waals surface area contributed by atoms with Gasteiger partial charge in [0.15, 0.2) is 0 Å². The highest BCUT2D eigenvalue weighted by Gasteiger charge is 2.31. The summed E-state index contributed by atoms with van der Waals surface area (Å²) < 4.78 is 27.9. The molecule has 2 aliphatic heterocycles. The van der Waals surface area contributed by atoms with Crippen LogP contribution in [0.4, 0.5) is 0 Å². The van der Waals surface area contributed by atoms with Gasteiger partial charge in [-0.2, -0.15) is 4.31 Å². The van der Waals surface area contributed by atoms with Gasteiger partial charge in [0, 0.05) is 50.9 Å². The van der Waals surface area contributed by atoms with Crippen LogP contribution in [0.5, 0.6) is 0 Å². The fourth-order valence-electron chi connectivity index (χ4n) is 5.00. The summed E-state index contributed by atoms with van der Waals surface area (Å²) in [6.45, 7) is 4.18. The number of halogens is 1. The highest BCUT2D eigenvalue weighted by Crippen LogP contribution is 2.29. The molecule has 8 heteroatoms. The Morgan fingerprint density at radius 2 is 1.50 bits per heavy atom. The summed E-state index contributed by atoms with van der Waals surface area (Å²) in [5.74, 6) is -0.106. The summed E-state index contributed by atoms with van der Waals surface area (Å²) in [5, 5.41) is 0.182. The second-order valence-corrected chi connectivity index (χ2v) is 11.0. The molecule has 30 heavy (non-hydrogen) atoms. The molecule has 0 spiro atoms. The van der Waals surface area contributed by atoms with E-state index in [9.17, 15) is 13.2 Å². The Balaban J connectivity index is 1.48. The van der Waals surface area contributed by atoms with Gasteiger partial charge < -0.3 is 4.90 Å². The second kappa shape index (κ2) is 9.55. The third-order valence-corrected chi connectivity index (χ3v) is 9.18. The molecule has 3 aliphatic rings. The van der Waals surface area contributed by atoms with E-state index in [1.165, 1.54) is 36.1 Å². The molecule has 1 aliphatic carbocycles. The Morgan fingerprint density at radius 3 is 2.13 bits per heavy atom. The van der Waals surface area contributed by atoms with Crippen molar-refractivity contribution in [3.05, 3.63) is 28.8 Å². The standard InChI is InChI=1S/C22H32ClN3O3S/c23-20-10-9-18(17-21(20)30(28,29)26-11-5-1-2-6-12-26)22(27)25-15-13-24(14-16-25)19-7-3-4-8-19/h9-10,17,19H,1-8,11-16H2. The van der Waals surface area contributed by atoms with Gasteiger partial charge in [0.05, 0.1) is 5.02 Å². The maximum absolute atomic E-state index is 13.2. The minimum absolute atomic E-state index is 0.0570. The number of carbonyl (C=O) groups excluding carboxylic acids is 1. The molecule has 0 atom stereocenters. The van der Waals surface area contributed by atoms with E-state index in [0.29, 0.717) is 37.8 Å². The number of carbonyl (C=O) groups is 1. The van der Waals surface area contributed by atoms with Gasteiger partial charge >= 0.3 is 0 Å². The Morgan fingerprint density at radius 1 is 0.867 bits per heavy atom. The van der Waals surface area contributed by atoms with Crippen LogP contribution in [-0.4, -0.2) is 73.7 Å². The van der Waals surface area contributed by atoms with Gasteiger partial charge in [-0.25, -0.2) is 8.42 Å². The van der Waals surface area contributed by atoms with Crippen molar-refractivity contribution in [3.8, 4) is 0 Å². The van der Waals surface area contributed by atoms with Crippen LogP contribution in [0.25, 0.3) is 0 Å². The number of sulfonamides is 1. The number of piperazine rings is 1. The first-order valence-corrected chi connectivity index (χ1v) is 13.1. The van der Waals surface area contributed by atoms with Crippen molar-refractivity contribution in [2.45, 2.75) is 62.3 Å². The normalized spacial score (nSPS) is 22.9. The number of benzene rings is 1. The van der Waals surface area contributed by atoms with Gasteiger partial charge in [-0.3, -0.25) is 9.69 Å². The smallest absolute Gasteiger partial charge is 0.253 e. The third kappa shape index (κ3) is 4.69. The molecule has 166 valence electrons. The fraction of sp³-hybridized carbons (Fsp3) is 0.682. The maximum Gasteiger partial charge on any atom is 0.253 e. The molecule has 1 aromatic carbocycles. The number of amides is 1. The molecule has 2 saturated heterocycles. The topological polar surface area (TPSA) is 60.9 Å². The molecule has 1 aromatic rings. The van der Waals surface area contributed by atoms with Crippen molar-refractivity contribution >= 4 is 27.5 Å². The van der Waals surface area contributed by atoms with E-state index in [1.807, 2.05) is 4.90 Å². The van der Waals surface area contributed by atoms with Crippen LogP contribution in [0.2, 0.25) is 5.02 Å². The first kappa shape index (κ1) is 22.1. The van der Waals surface area contributed by atoms with Crippen LogP contribution in [0.1, 0.15) is 61.7 Å². The van der Waals surface area contributed by atoms with E-state index in [-0.39, 0.29) is 15.8 Å². The first-order chi connectivity index (χ1) is 14.5. The second-order valence-electron chi connectivity index (χ2n) is 8.73. The van der Waals surface area contributed by atoms with Crippen molar-refractivity contribution in [3.63, 3.8) is 0 Å². The first-order valence-electron chi connectivity index (χ1n) is 11.3. The van der Waals surface area contributed by atoms with Gasteiger partial charge in [0.1, 0.15) is 4.90 Å². The van der Waals surface area contributed by atoms with Gasteiger partial charge in [-0.15, -0.1) is 0 Å². The van der Waals surface area contributed by atoms with Gasteiger partial charge in [-0.05, 0) is 43.9 Å². The quantitative estimate of drug-likeness (QED) is 0.698. The summed E-state index contributed by atoms with van der Waals surface area (Å²) in [4.78, 5) is 17.5. The molecule has 6 nitrogen and oxygen atoms in total. The van der Waals surface area contributed by atoms with E-state index in [4.69, 9.17) is 11.6 Å². The van der Waals surface area contributed by atoms with Crippen molar-refractivity contribution < 1.29 is 13.2 Å². The van der Waals surface area contributed by atoms with Crippen LogP contribution < -0.4 is 0 Å². The summed E-state index contributed by atoms with van der Waals surface area (Å²) >= 11 is 6.29. The predicted octanol–water partition coefficient (Wildman–Crippen LogP) is 3.61. The van der Waals surface area contributed by atoms with Crippen LogP contribution in [-0.2, 0) is 10.0 Å². The zero-order valence-corrected chi connectivity index (χ0v) is 19.1. The van der Waals surface area contributed by atoms with Crippen molar-refractivity contribution in [2.75, 3.05) is 39.3 Å². The lowest BCUT2D eigenvalue weighted by atomic mass is 10.1. The van der Waals surface area contributed by atoms with Crippen molar-refractivity contribution in [2.24, 2.45) is 0 Å². The minimum atomic E-state index is -3.70. The van der Waals surface area contributed by atoms with Gasteiger partial charge in [0.25, 0.3) is 5.91 Å². The minimum Gasteiger partial charge on any atom is -0.336 e. The summed E-state index contributed by atoms with van der Waals surface area (Å²) in [5.41, 5.74) is 0.405. The Labute approximate surface area is 185 Å². The number of hydrogen-bond acceptors (Lipinski definition) is 4. The molecule has 4 rings (SSSR count). The highest BCUT2D eigenvalue weighted by molar-refractivity contribution is 7.89. The van der Waals surface area contributed by atoms with Crippen molar-refractivity contribution in [1.29, 1.82) is 0 Å². The van der Waals surface area contributed by atoms with Crippen LogP contribution in [0.3, 0.4) is 0 Å². The lowest BCUT2D eigenvalue weighted by Crippen LogP contribution is -2.51. The Kier molecular flexibility index (Phi) is 7.02. The molecule has 0 unspecified atom stereocenters. The molecule has 1 saturated carbocycles. The van der Waals surface area contributed by atoms with E-state index in [0.717, 1.165) is 38.8 Å². The van der Waals surface area contributed by atoms with E-state index in [2.05, 4.69) is 4.90 Å². The van der Waals surface area contributed by atoms with Crippen LogP contribution in [0.15, 0.2) is 23.1 Å². The fourth-order valence-corrected chi connectivity index (χ4v) is 7.01. The average molecular weight is 454 g/mol. The van der Waals surface area contributed by atoms with Crippen LogP contribution in [0, 0.1) is 0 Å². The number of rotatable bonds is 4. The molecular weight excluding hydrogens is 422 g/mol. The molecular formula is C22H32ClN3O3S. The molecule has 2 heterocycles. The van der Waals surface area contributed by atoms with Gasteiger partial charge in [0.2, 0.25) is 10.0 Å². The molecule has 1 amide bonds. The Bertz CT molecular complexity index is 854. The molecule has 0 aromatic heterocycles. The third-order valence-electron chi connectivity index (χ3n) is 6.80. The Hall–Kier alpha value is -1.15. The lowest BCUT2D eigenvalue weighted by Gasteiger charge is -2.38. The monoisotopic (exact) mass is 453 g/mol. The molecule has 0 radical (unpaired) electrons. The van der Waals surface area contributed by atoms with Crippen LogP contribution >= 0.6 is 11.6 Å². The predicted molar refractivity (Wildman–Crippen MR) is 118 cm³/mol. The SMILES string of the molecule is O=C(c1ccc(Cl)c(S(=O)(=O)N2CCCCCC2)c1)N1CCN(C2CCCC2)CC1. The largest absolute Gasteiger partial charge is 0.336 e. The number of nitrogens with zero attached hydrogens (tertiary/aromatic N) is 3. The van der Waals surface area contributed by atoms with Gasteiger partial charge in [-0.1, -0.05) is 37.3 Å². The van der Waals surface area contributed by atoms with E-state index < -0.39 is 10.0 Å².